The molecule has 0 aliphatic heterocycles. The molecule has 2 aromatic rings. The third-order valence-electron chi connectivity index (χ3n) is 3.77. The van der Waals surface area contributed by atoms with Crippen LogP contribution in [-0.2, 0) is 18.8 Å². The van der Waals surface area contributed by atoms with Crippen molar-refractivity contribution in [3.8, 4) is 6.07 Å². The molecule has 0 amide bonds. The fraction of sp³-hybridized carbons (Fsp3) is 0.353. The molecule has 7 heteroatoms. The summed E-state index contributed by atoms with van der Waals surface area (Å²) in [5.41, 5.74) is -0.230. The molecule has 1 heterocycles. The highest BCUT2D eigenvalue weighted by molar-refractivity contribution is 5.51. The highest BCUT2D eigenvalue weighted by Gasteiger charge is 2.17. The summed E-state index contributed by atoms with van der Waals surface area (Å²) in [5.74, 6) is 0.200. The molecule has 1 N–H and O–H groups in total. The average Bonchev–Trinajstić information content (AvgIpc) is 2.61. The van der Waals surface area contributed by atoms with Crippen LogP contribution < -0.4 is 16.6 Å². The molecule has 0 bridgehead atoms. The van der Waals surface area contributed by atoms with Crippen LogP contribution in [-0.4, -0.2) is 22.3 Å². The molecule has 7 nitrogen and oxygen atoms in total. The van der Waals surface area contributed by atoms with Gasteiger partial charge in [-0.25, -0.2) is 4.79 Å². The lowest BCUT2D eigenvalue weighted by Gasteiger charge is -2.20. The lowest BCUT2D eigenvalue weighted by atomic mass is 10.1. The van der Waals surface area contributed by atoms with E-state index in [0.29, 0.717) is 13.2 Å². The van der Waals surface area contributed by atoms with Crippen molar-refractivity contribution in [2.45, 2.75) is 13.0 Å². The van der Waals surface area contributed by atoms with Crippen LogP contribution in [0.3, 0.4) is 0 Å². The minimum Gasteiger partial charge on any atom is -0.372 e. The molecule has 1 atom stereocenters. The van der Waals surface area contributed by atoms with E-state index in [-0.39, 0.29) is 17.5 Å². The van der Waals surface area contributed by atoms with Gasteiger partial charge in [-0.1, -0.05) is 30.3 Å². The largest absolute Gasteiger partial charge is 0.372 e. The molecule has 1 aromatic carbocycles. The molecule has 0 saturated carbocycles. The van der Waals surface area contributed by atoms with Crippen LogP contribution in [0.4, 0.5) is 5.82 Å². The SMILES string of the molecule is CCOC(CNc1c(C#N)c(=O)n(C)c(=O)n1C)c1ccccc1. The van der Waals surface area contributed by atoms with E-state index in [1.807, 2.05) is 43.3 Å². The molecular formula is C17H20N4O3. The van der Waals surface area contributed by atoms with Gasteiger partial charge in [0.15, 0.2) is 5.56 Å². The van der Waals surface area contributed by atoms with Crippen molar-refractivity contribution in [2.75, 3.05) is 18.5 Å². The number of hydrogen-bond donors (Lipinski definition) is 1. The van der Waals surface area contributed by atoms with Gasteiger partial charge in [-0.2, -0.15) is 5.26 Å². The van der Waals surface area contributed by atoms with Crippen LogP contribution in [0.1, 0.15) is 24.2 Å². The van der Waals surface area contributed by atoms with Gasteiger partial charge in [0.05, 0.1) is 6.10 Å². The number of hydrogen-bond acceptors (Lipinski definition) is 5. The van der Waals surface area contributed by atoms with Gasteiger partial charge in [0.25, 0.3) is 5.56 Å². The smallest absolute Gasteiger partial charge is 0.332 e. The van der Waals surface area contributed by atoms with Crippen molar-refractivity contribution in [1.82, 2.24) is 9.13 Å². The zero-order chi connectivity index (χ0) is 17.7. The molecule has 0 fully saturated rings. The summed E-state index contributed by atoms with van der Waals surface area (Å²) in [6.45, 7) is 2.74. The van der Waals surface area contributed by atoms with Crippen LogP contribution in [0.15, 0.2) is 39.9 Å². The maximum absolute atomic E-state index is 12.1. The summed E-state index contributed by atoms with van der Waals surface area (Å²) in [6, 6.07) is 11.5. The molecule has 1 aromatic heterocycles. The summed E-state index contributed by atoms with van der Waals surface area (Å²) >= 11 is 0. The van der Waals surface area contributed by atoms with Crippen molar-refractivity contribution < 1.29 is 4.74 Å². The highest BCUT2D eigenvalue weighted by atomic mass is 16.5. The summed E-state index contributed by atoms with van der Waals surface area (Å²) in [7, 11) is 2.87. The Morgan fingerprint density at radius 3 is 2.46 bits per heavy atom. The van der Waals surface area contributed by atoms with Crippen molar-refractivity contribution in [3.05, 3.63) is 62.3 Å². The summed E-state index contributed by atoms with van der Waals surface area (Å²) < 4.78 is 7.91. The van der Waals surface area contributed by atoms with Gasteiger partial charge in [-0.05, 0) is 12.5 Å². The number of nitrogens with one attached hydrogen (secondary N) is 1. The second-order valence-corrected chi connectivity index (χ2v) is 5.28. The normalized spacial score (nSPS) is 11.8. The number of rotatable bonds is 6. The van der Waals surface area contributed by atoms with Crippen LogP contribution in [0.2, 0.25) is 0 Å². The Labute approximate surface area is 139 Å². The standard InChI is InChI=1S/C17H20N4O3/c1-4-24-14(12-8-6-5-7-9-12)11-19-15-13(10-18)16(22)21(3)17(23)20(15)2/h5-9,14,19H,4,11H2,1-3H3. The lowest BCUT2D eigenvalue weighted by molar-refractivity contribution is 0.0718. The zero-order valence-electron chi connectivity index (χ0n) is 13.9. The zero-order valence-corrected chi connectivity index (χ0v) is 13.9. The molecule has 2 rings (SSSR count). The topological polar surface area (TPSA) is 89.1 Å². The van der Waals surface area contributed by atoms with Gasteiger partial charge < -0.3 is 10.1 Å². The quantitative estimate of drug-likeness (QED) is 0.859. The Morgan fingerprint density at radius 1 is 1.21 bits per heavy atom. The predicted octanol–water partition coefficient (Wildman–Crippen LogP) is 1.15. The fourth-order valence-corrected chi connectivity index (χ4v) is 2.48. The molecule has 1 unspecified atom stereocenters. The number of nitrogens with zero attached hydrogens (tertiary/aromatic N) is 3. The van der Waals surface area contributed by atoms with E-state index >= 15 is 0 Å². The Kier molecular flexibility index (Phi) is 5.55. The van der Waals surface area contributed by atoms with Crippen LogP contribution >= 0.6 is 0 Å². The van der Waals surface area contributed by atoms with Gasteiger partial charge in [0.2, 0.25) is 0 Å². The van der Waals surface area contributed by atoms with Crippen molar-refractivity contribution in [3.63, 3.8) is 0 Å². The van der Waals surface area contributed by atoms with E-state index in [1.54, 1.807) is 0 Å². The predicted molar refractivity (Wildman–Crippen MR) is 90.9 cm³/mol. The van der Waals surface area contributed by atoms with E-state index in [4.69, 9.17) is 4.74 Å². The number of aromatic nitrogens is 2. The Balaban J connectivity index is 2.36. The third kappa shape index (κ3) is 3.39. The summed E-state index contributed by atoms with van der Waals surface area (Å²) in [4.78, 5) is 24.2. The highest BCUT2D eigenvalue weighted by Crippen LogP contribution is 2.18. The maximum Gasteiger partial charge on any atom is 0.332 e. The number of benzene rings is 1. The monoisotopic (exact) mass is 328 g/mol. The molecule has 0 spiro atoms. The van der Waals surface area contributed by atoms with Gasteiger partial charge in [0.1, 0.15) is 11.9 Å². The first-order chi connectivity index (χ1) is 11.5. The molecule has 0 aliphatic carbocycles. The van der Waals surface area contributed by atoms with Gasteiger partial charge in [0, 0.05) is 27.2 Å². The average molecular weight is 328 g/mol. The van der Waals surface area contributed by atoms with E-state index in [9.17, 15) is 14.9 Å². The Bertz CT molecular complexity index is 862. The van der Waals surface area contributed by atoms with Gasteiger partial charge in [-0.15, -0.1) is 0 Å². The first kappa shape index (κ1) is 17.5. The van der Waals surface area contributed by atoms with E-state index in [2.05, 4.69) is 5.32 Å². The van der Waals surface area contributed by atoms with Crippen molar-refractivity contribution in [1.29, 1.82) is 5.26 Å². The number of ether oxygens (including phenoxy) is 1. The second-order valence-electron chi connectivity index (χ2n) is 5.28. The first-order valence-electron chi connectivity index (χ1n) is 7.61. The van der Waals surface area contributed by atoms with E-state index < -0.39 is 11.2 Å². The second kappa shape index (κ2) is 7.62. The van der Waals surface area contributed by atoms with Crippen LogP contribution in [0.25, 0.3) is 0 Å². The molecule has 0 saturated heterocycles. The summed E-state index contributed by atoms with van der Waals surface area (Å²) in [6.07, 6.45) is -0.262. The van der Waals surface area contributed by atoms with Crippen molar-refractivity contribution >= 4 is 5.82 Å². The van der Waals surface area contributed by atoms with Gasteiger partial charge in [-0.3, -0.25) is 13.9 Å². The minimum absolute atomic E-state index is 0.0945. The summed E-state index contributed by atoms with van der Waals surface area (Å²) in [5, 5.41) is 12.3. The molecule has 0 aliphatic rings. The fourth-order valence-electron chi connectivity index (χ4n) is 2.48. The van der Waals surface area contributed by atoms with E-state index in [0.717, 1.165) is 10.1 Å². The Hall–Kier alpha value is -2.85. The minimum atomic E-state index is -0.615. The maximum atomic E-state index is 12.1. The third-order valence-corrected chi connectivity index (χ3v) is 3.77. The lowest BCUT2D eigenvalue weighted by Crippen LogP contribution is -2.40. The van der Waals surface area contributed by atoms with Crippen LogP contribution in [0, 0.1) is 11.3 Å². The van der Waals surface area contributed by atoms with Crippen molar-refractivity contribution in [2.24, 2.45) is 14.1 Å². The molecular weight excluding hydrogens is 308 g/mol. The number of nitriles is 1. The first-order valence-corrected chi connectivity index (χ1v) is 7.61. The molecule has 24 heavy (non-hydrogen) atoms. The van der Waals surface area contributed by atoms with Crippen LogP contribution in [0.5, 0.6) is 0 Å². The molecule has 126 valence electrons. The Morgan fingerprint density at radius 2 is 1.88 bits per heavy atom. The van der Waals surface area contributed by atoms with Gasteiger partial charge >= 0.3 is 5.69 Å². The number of anilines is 1. The molecule has 0 radical (unpaired) electrons. The van der Waals surface area contributed by atoms with E-state index in [1.165, 1.54) is 18.7 Å².